The standard InChI is InChI=1S/C97H148N28O25/c1-2-3-28-67(87(139)116-71-35-37-80(130)103-39-23-22-30-66(86(99)138)111-92(144)73(47-61-50-107-65-29-21-20-27-64(61)65)117-88(140)68(31-24-40-106-97(100)101)113-91(143)72(46-60-25-16-15-17-26-60)119-95(147)76-49-63(127)53-125(76)96(71)148)112-90(142)70(38-41-104-82(132)54-124(55-84(134)135)56-85(136)137)115-93(145)74(48-62-51-102-59-109-62)118-89(141)69(34-36-77(98)128)114-94(146)75(57-126)110-81(131)52-108-83(133)58-150-45-44-149-43-42-105-79(129)33-19-14-12-10-8-6-4-5-7-9-11-13-18-32-78-120-122-123-121-78/h15-17,20-21,25-27,29,50-51,59,63,66-76,107,126-127H,2-14,18-19,22-24,28,30-49,52-58H2,1H3,(H2,98,128)(H2,99,138)(H,102,109)(H,103,130)(H,104,132)(H,105,129)(H,108,133)(H,110,131)(H,111,144)(H,112,142)(H,113,143)(H,114,146)(H,115,145)(H,116,139)(H,117,140)(H,118,141)(H,119,147)(H,134,135)(H,136,137)(H4,100,101,106)(H,120,121,122,123)/t63-,66+,67+,68+,69+,70+,71+,72-,73+,74+,75+,76+/m1/s1. The number of carboxylic acid groups (broad SMARTS) is 2. The molecule has 17 amide bonds. The molecule has 0 saturated carbocycles. The van der Waals surface area contributed by atoms with E-state index in [4.69, 9.17) is 32.1 Å². The fraction of sp³-hybridized carbons (Fsp3) is 0.608. The number of carbonyl (C=O) groups is 19. The number of ether oxygens (including phenoxy) is 2. The summed E-state index contributed by atoms with van der Waals surface area (Å²) in [6.45, 7) is -4.15. The van der Waals surface area contributed by atoms with E-state index in [1.54, 1.807) is 67.7 Å². The molecule has 2 fully saturated rings. The Hall–Kier alpha value is -14.7. The van der Waals surface area contributed by atoms with E-state index in [1.165, 1.54) is 63.9 Å². The van der Waals surface area contributed by atoms with Gasteiger partial charge in [-0.25, -0.2) is 10.1 Å². The Labute approximate surface area is 866 Å². The third-order valence-electron chi connectivity index (χ3n) is 24.8. The van der Waals surface area contributed by atoms with Crippen LogP contribution in [-0.4, -0.2) is 349 Å². The summed E-state index contributed by atoms with van der Waals surface area (Å²) in [5, 5.41) is 102. The number of unbranched alkanes of at least 4 members (excludes halogenated alkanes) is 13. The number of aryl methyl sites for hydroxylation is 1. The van der Waals surface area contributed by atoms with Gasteiger partial charge in [0.25, 0.3) is 0 Å². The number of tetrazole rings is 1. The zero-order chi connectivity index (χ0) is 109. The molecule has 29 N–H and O–H groups in total. The van der Waals surface area contributed by atoms with Gasteiger partial charge in [-0.05, 0) is 98.2 Å². The van der Waals surface area contributed by atoms with Crippen LogP contribution in [-0.2, 0) is 126 Å². The van der Waals surface area contributed by atoms with Crippen molar-refractivity contribution < 1.29 is 121 Å². The van der Waals surface area contributed by atoms with E-state index in [9.17, 15) is 82.8 Å². The zero-order valence-electron chi connectivity index (χ0n) is 84.7. The molecule has 0 unspecified atom stereocenters. The molecule has 53 nitrogen and oxygen atoms in total. The van der Waals surface area contributed by atoms with Crippen LogP contribution in [0.4, 0.5) is 0 Å². The average Bonchev–Trinajstić information content (AvgIpc) is 1.66. The number of carboxylic acids is 2. The molecule has 2 aromatic carbocycles. The van der Waals surface area contributed by atoms with Crippen molar-refractivity contribution in [1.29, 1.82) is 5.41 Å². The van der Waals surface area contributed by atoms with Gasteiger partial charge in [0.15, 0.2) is 5.96 Å². The molecule has 0 radical (unpaired) electrons. The molecular formula is C97H148N28O25. The van der Waals surface area contributed by atoms with Crippen LogP contribution in [0.25, 0.3) is 10.9 Å². The maximum atomic E-state index is 15.6. The number of guanidine groups is 1. The summed E-state index contributed by atoms with van der Waals surface area (Å²) in [6, 6.07) is -3.08. The maximum absolute atomic E-state index is 15.6. The number of nitrogens with one attached hydrogen (secondary N) is 19. The molecule has 2 aliphatic heterocycles. The lowest BCUT2D eigenvalue weighted by Gasteiger charge is -2.31. The summed E-state index contributed by atoms with van der Waals surface area (Å²) in [5.41, 5.74) is 18.8. The molecule has 53 heteroatoms. The molecule has 0 bridgehead atoms. The summed E-state index contributed by atoms with van der Waals surface area (Å²) < 4.78 is 10.9. The number of amides is 17. The molecule has 3 aromatic heterocycles. The third-order valence-corrected chi connectivity index (χ3v) is 24.8. The lowest BCUT2D eigenvalue weighted by atomic mass is 10.0. The van der Waals surface area contributed by atoms with Crippen LogP contribution < -0.4 is 97.0 Å². The maximum Gasteiger partial charge on any atom is 0.317 e. The van der Waals surface area contributed by atoms with E-state index >= 15 is 28.8 Å². The van der Waals surface area contributed by atoms with Gasteiger partial charge in [-0.2, -0.15) is 0 Å². The van der Waals surface area contributed by atoms with E-state index in [2.05, 4.69) is 115 Å². The van der Waals surface area contributed by atoms with E-state index in [0.717, 1.165) is 54.1 Å². The van der Waals surface area contributed by atoms with Crippen molar-refractivity contribution in [3.63, 3.8) is 0 Å². The van der Waals surface area contributed by atoms with Crippen LogP contribution >= 0.6 is 0 Å². The Balaban J connectivity index is 1.04. The summed E-state index contributed by atoms with van der Waals surface area (Å²) >= 11 is 0. The number of aromatic amines is 3. The highest BCUT2D eigenvalue weighted by molar-refractivity contribution is 6.01. The Kier molecular flexibility index (Phi) is 55.4. The molecule has 150 heavy (non-hydrogen) atoms. The number of imidazole rings is 1. The van der Waals surface area contributed by atoms with Gasteiger partial charge in [0.1, 0.15) is 78.9 Å². The molecule has 7 rings (SSSR count). The van der Waals surface area contributed by atoms with Gasteiger partial charge in [-0.3, -0.25) is 101 Å². The first-order chi connectivity index (χ1) is 72.1. The van der Waals surface area contributed by atoms with Crippen molar-refractivity contribution in [2.75, 3.05) is 91.9 Å². The lowest BCUT2D eigenvalue weighted by molar-refractivity contribution is -0.143. The minimum absolute atomic E-state index is 0.0176. The predicted molar refractivity (Wildman–Crippen MR) is 539 cm³/mol. The fourth-order valence-corrected chi connectivity index (χ4v) is 16.8. The summed E-state index contributed by atoms with van der Waals surface area (Å²) in [7, 11) is 0. The van der Waals surface area contributed by atoms with Gasteiger partial charge < -0.3 is 142 Å². The van der Waals surface area contributed by atoms with Crippen molar-refractivity contribution in [2.45, 2.75) is 285 Å². The van der Waals surface area contributed by atoms with Crippen molar-refractivity contribution >= 4 is 129 Å². The van der Waals surface area contributed by atoms with Crippen LogP contribution in [0.15, 0.2) is 73.3 Å². The van der Waals surface area contributed by atoms with Crippen molar-refractivity contribution in [2.24, 2.45) is 17.2 Å². The fourth-order valence-electron chi connectivity index (χ4n) is 16.8. The van der Waals surface area contributed by atoms with Crippen LogP contribution in [0.2, 0.25) is 0 Å². The van der Waals surface area contributed by atoms with Gasteiger partial charge in [0.05, 0.1) is 70.7 Å². The number of primary amides is 2. The summed E-state index contributed by atoms with van der Waals surface area (Å²) in [5.74, 6) is -18.9. The number of hydrogen-bond donors (Lipinski definition) is 26. The second-order valence-electron chi connectivity index (χ2n) is 37.0. The molecule has 2 saturated heterocycles. The number of aliphatic hydroxyl groups excluding tert-OH is 2. The minimum Gasteiger partial charge on any atom is -0.480 e. The summed E-state index contributed by atoms with van der Waals surface area (Å²) in [4.78, 5) is 276. The second-order valence-corrected chi connectivity index (χ2v) is 37.0. The number of para-hydroxylation sites is 1. The highest BCUT2D eigenvalue weighted by Crippen LogP contribution is 2.25. The first-order valence-corrected chi connectivity index (χ1v) is 51.0. The van der Waals surface area contributed by atoms with E-state index in [-0.39, 0.29) is 109 Å². The molecule has 12 atom stereocenters. The Morgan fingerprint density at radius 3 is 1.83 bits per heavy atom. The highest BCUT2D eigenvalue weighted by Gasteiger charge is 2.45. The van der Waals surface area contributed by atoms with Gasteiger partial charge in [-0.1, -0.05) is 139 Å². The number of carbonyl (C=O) groups excluding carboxylic acids is 17. The Morgan fingerprint density at radius 2 is 1.18 bits per heavy atom. The van der Waals surface area contributed by atoms with E-state index in [1.807, 2.05) is 0 Å². The number of benzene rings is 2. The number of nitrogens with zero attached hydrogens (tertiary/aromatic N) is 6. The number of nitrogens with two attached hydrogens (primary N) is 3. The molecule has 5 aromatic rings. The number of hydrogen-bond acceptors (Lipinski definition) is 29. The number of H-pyrrole nitrogens is 3. The number of aliphatic carboxylic acids is 2. The third kappa shape index (κ3) is 47.2. The van der Waals surface area contributed by atoms with Crippen LogP contribution in [0.3, 0.4) is 0 Å². The van der Waals surface area contributed by atoms with Gasteiger partial charge in [0, 0.05) is 107 Å². The van der Waals surface area contributed by atoms with Crippen molar-refractivity contribution in [3.8, 4) is 0 Å². The molecular weight excluding hydrogens is 1960 g/mol. The minimum atomic E-state index is -1.91. The normalized spacial score (nSPS) is 18.1. The largest absolute Gasteiger partial charge is 0.480 e. The van der Waals surface area contributed by atoms with Gasteiger partial charge in [0.2, 0.25) is 100 Å². The van der Waals surface area contributed by atoms with Gasteiger partial charge in [-0.15, -0.1) is 5.10 Å². The van der Waals surface area contributed by atoms with Crippen LogP contribution in [0, 0.1) is 5.41 Å². The smallest absolute Gasteiger partial charge is 0.317 e. The molecule has 5 heterocycles. The SMILES string of the molecule is CCCC[C@H](NC(=O)[C@H](CCNC(=O)CN(CC(=O)O)CC(=O)O)NC(=O)[C@H](Cc1c[nH]cn1)NC(=O)[C@H](CCC(N)=O)NC(=O)[C@H](CO)NC(=O)CNC(=O)COCCOCCNC(=O)CCCCCCCCCCCCCCCc1nnn[nH]1)C(=O)N[C@H]1CCC(=O)NCCCC[C@@H](C(N)=O)NC(=O)[C@H](Cc2c[nH]c3ccccc23)NC(=O)[C@H](CCCNC(=N)N)NC(=O)[C@@H](Cc2ccccc2)NC(=O)[C@@H]2C[C@@H](O)CN2C1=O. The second kappa shape index (κ2) is 68.0. The zero-order valence-corrected chi connectivity index (χ0v) is 84.7. The molecule has 0 spiro atoms. The van der Waals surface area contributed by atoms with E-state index < -0.39 is 282 Å². The highest BCUT2D eigenvalue weighted by atomic mass is 16.5. The quantitative estimate of drug-likeness (QED) is 0.00990. The first kappa shape index (κ1) is 122. The Bertz CT molecular complexity index is 5160. The molecule has 826 valence electrons. The van der Waals surface area contributed by atoms with Gasteiger partial charge >= 0.3 is 11.9 Å². The number of aromatic nitrogens is 7. The molecule has 2 aliphatic rings. The number of aliphatic hydroxyl groups is 2. The number of fused-ring (bicyclic) bond motifs is 2. The first-order valence-electron chi connectivity index (χ1n) is 51.0. The Morgan fingerprint density at radius 1 is 0.573 bits per heavy atom. The lowest BCUT2D eigenvalue weighted by Crippen LogP contribution is -2.61. The van der Waals surface area contributed by atoms with E-state index in [0.29, 0.717) is 34.9 Å². The molecule has 0 aliphatic carbocycles. The van der Waals surface area contributed by atoms with Crippen LogP contribution in [0.5, 0.6) is 0 Å². The monoisotopic (exact) mass is 2110 g/mol. The summed E-state index contributed by atoms with van der Waals surface area (Å²) in [6.07, 6.45) is 14.6. The van der Waals surface area contributed by atoms with Crippen molar-refractivity contribution in [1.82, 2.24) is 125 Å². The van der Waals surface area contributed by atoms with Crippen LogP contribution in [0.1, 0.15) is 209 Å². The number of rotatable bonds is 64. The van der Waals surface area contributed by atoms with Crippen molar-refractivity contribution in [3.05, 3.63) is 96.0 Å². The predicted octanol–water partition coefficient (Wildman–Crippen LogP) is -4.53. The topological polar surface area (TPSA) is 811 Å². The average molecular weight is 2110 g/mol.